The van der Waals surface area contributed by atoms with E-state index in [0.29, 0.717) is 12.8 Å². The first kappa shape index (κ1) is 11.6. The summed E-state index contributed by atoms with van der Waals surface area (Å²) in [5.41, 5.74) is -3.92. The molecule has 1 heterocycles. The fourth-order valence-corrected chi connectivity index (χ4v) is 3.93. The highest BCUT2D eigenvalue weighted by atomic mass is 19.4. The summed E-state index contributed by atoms with van der Waals surface area (Å²) in [5, 5.41) is 0. The van der Waals surface area contributed by atoms with Gasteiger partial charge in [0.1, 0.15) is 0 Å². The Bertz CT molecular complexity index is 330. The van der Waals surface area contributed by atoms with Crippen LogP contribution in [0.5, 0.6) is 0 Å². The van der Waals surface area contributed by atoms with Crippen LogP contribution in [0.4, 0.5) is 26.3 Å². The number of ether oxygens (including phenoxy) is 1. The largest absolute Gasteiger partial charge is 0.426 e. The lowest BCUT2D eigenvalue weighted by Gasteiger charge is -2.37. The number of halogens is 6. The molecule has 7 heteroatoms. The maximum Gasteiger partial charge on any atom is 0.426 e. The Balaban J connectivity index is 2.09. The number of hydrogen-bond acceptors (Lipinski definition) is 1. The van der Waals surface area contributed by atoms with Crippen LogP contribution in [0.3, 0.4) is 0 Å². The molecule has 1 nitrogen and oxygen atoms in total. The minimum absolute atomic E-state index is 0.0137. The predicted molar refractivity (Wildman–Crippen MR) is 44.0 cm³/mol. The Morgan fingerprint density at radius 3 is 1.88 bits per heavy atom. The highest BCUT2D eigenvalue weighted by molar-refractivity contribution is 5.16. The van der Waals surface area contributed by atoms with Crippen LogP contribution < -0.4 is 0 Å². The molecule has 0 amide bonds. The van der Waals surface area contributed by atoms with Gasteiger partial charge in [0.15, 0.2) is 0 Å². The van der Waals surface area contributed by atoms with Crippen molar-refractivity contribution >= 4 is 0 Å². The summed E-state index contributed by atoms with van der Waals surface area (Å²) in [5.74, 6) is -2.03. The first-order valence-electron chi connectivity index (χ1n) is 5.48. The Hall–Kier alpha value is -0.460. The van der Waals surface area contributed by atoms with Crippen LogP contribution in [0.25, 0.3) is 0 Å². The molecular weight excluding hydrogens is 250 g/mol. The second-order valence-corrected chi connectivity index (χ2v) is 5.23. The molecule has 2 bridgehead atoms. The summed E-state index contributed by atoms with van der Waals surface area (Å²) in [6, 6.07) is 0. The van der Waals surface area contributed by atoms with Gasteiger partial charge >= 0.3 is 12.4 Å². The number of fused-ring (bicyclic) bond motifs is 1. The van der Waals surface area contributed by atoms with Crippen molar-refractivity contribution < 1.29 is 31.1 Å². The van der Waals surface area contributed by atoms with Gasteiger partial charge in [0, 0.05) is 5.92 Å². The van der Waals surface area contributed by atoms with E-state index in [1.165, 1.54) is 0 Å². The Morgan fingerprint density at radius 2 is 1.47 bits per heavy atom. The zero-order valence-electron chi connectivity index (χ0n) is 8.61. The number of alkyl halides is 6. The molecule has 0 spiro atoms. The molecule has 4 atom stereocenters. The third-order valence-electron chi connectivity index (χ3n) is 4.45. The Labute approximate surface area is 93.1 Å². The lowest BCUT2D eigenvalue weighted by Crippen LogP contribution is -2.60. The third-order valence-corrected chi connectivity index (χ3v) is 4.45. The molecule has 3 fully saturated rings. The lowest BCUT2D eigenvalue weighted by molar-refractivity contribution is -0.383. The van der Waals surface area contributed by atoms with Gasteiger partial charge in [-0.15, -0.1) is 0 Å². The maximum absolute atomic E-state index is 12.9. The van der Waals surface area contributed by atoms with Crippen LogP contribution in [-0.2, 0) is 4.74 Å². The van der Waals surface area contributed by atoms with E-state index in [1.54, 1.807) is 0 Å². The average Bonchev–Trinajstić information content (AvgIpc) is 2.66. The van der Waals surface area contributed by atoms with Crippen molar-refractivity contribution in [3.63, 3.8) is 0 Å². The fourth-order valence-electron chi connectivity index (χ4n) is 3.93. The van der Waals surface area contributed by atoms with Crippen molar-refractivity contribution in [1.29, 1.82) is 0 Å². The van der Waals surface area contributed by atoms with Crippen molar-refractivity contribution in [1.82, 2.24) is 0 Å². The SMILES string of the molecule is FC(F)(F)C1(C(F)(F)F)OC2C[C@@H]3CC1[C@@H]2C3. The second kappa shape index (κ2) is 2.92. The van der Waals surface area contributed by atoms with Crippen LogP contribution in [0, 0.1) is 17.8 Å². The summed E-state index contributed by atoms with van der Waals surface area (Å²) in [6.07, 6.45) is -10.9. The highest BCUT2D eigenvalue weighted by Gasteiger charge is 2.82. The first-order chi connectivity index (χ1) is 7.67. The van der Waals surface area contributed by atoms with Crippen LogP contribution in [0.2, 0.25) is 0 Å². The molecule has 3 aliphatic rings. The van der Waals surface area contributed by atoms with Gasteiger partial charge in [-0.1, -0.05) is 0 Å². The minimum atomic E-state index is -5.39. The van der Waals surface area contributed by atoms with Crippen LogP contribution in [0.15, 0.2) is 0 Å². The molecule has 1 aliphatic heterocycles. The Morgan fingerprint density at radius 1 is 0.882 bits per heavy atom. The average molecular weight is 260 g/mol. The van der Waals surface area contributed by atoms with E-state index in [2.05, 4.69) is 4.74 Å². The molecule has 2 aliphatic carbocycles. The standard InChI is InChI=1S/C10H10F6O/c11-9(12,13)8(10(14,15)16)6-2-4-1-5(6)7(3-4)17-8/h4-7H,1-3H2/t4-,5-,6?,7?/m0/s1. The van der Waals surface area contributed by atoms with E-state index in [9.17, 15) is 26.3 Å². The van der Waals surface area contributed by atoms with Gasteiger partial charge < -0.3 is 4.74 Å². The van der Waals surface area contributed by atoms with Gasteiger partial charge in [-0.2, -0.15) is 26.3 Å². The van der Waals surface area contributed by atoms with E-state index >= 15 is 0 Å². The maximum atomic E-state index is 12.9. The van der Waals surface area contributed by atoms with Crippen LogP contribution in [-0.4, -0.2) is 24.1 Å². The monoisotopic (exact) mass is 260 g/mol. The molecule has 0 aromatic carbocycles. The third kappa shape index (κ3) is 1.21. The summed E-state index contributed by atoms with van der Waals surface area (Å²) in [4.78, 5) is 0. The Kier molecular flexibility index (Phi) is 2.00. The quantitative estimate of drug-likeness (QED) is 0.607. The van der Waals surface area contributed by atoms with Gasteiger partial charge in [-0.05, 0) is 31.1 Å². The van der Waals surface area contributed by atoms with E-state index in [1.807, 2.05) is 0 Å². The van der Waals surface area contributed by atoms with E-state index in [0.717, 1.165) is 0 Å². The van der Waals surface area contributed by atoms with Crippen molar-refractivity contribution in [2.45, 2.75) is 43.3 Å². The van der Waals surface area contributed by atoms with Crippen LogP contribution >= 0.6 is 0 Å². The van der Waals surface area contributed by atoms with E-state index in [4.69, 9.17) is 0 Å². The number of rotatable bonds is 0. The summed E-state index contributed by atoms with van der Waals surface area (Å²) in [7, 11) is 0. The molecular formula is C10H10F6O. The molecule has 0 N–H and O–H groups in total. The molecule has 17 heavy (non-hydrogen) atoms. The molecule has 2 saturated carbocycles. The minimum Gasteiger partial charge on any atom is -0.354 e. The zero-order chi connectivity index (χ0) is 12.6. The molecule has 98 valence electrons. The second-order valence-electron chi connectivity index (χ2n) is 5.23. The van der Waals surface area contributed by atoms with Crippen molar-refractivity contribution in [3.05, 3.63) is 0 Å². The highest BCUT2D eigenvalue weighted by Crippen LogP contribution is 2.67. The first-order valence-corrected chi connectivity index (χ1v) is 5.48. The van der Waals surface area contributed by atoms with Crippen LogP contribution in [0.1, 0.15) is 19.3 Å². The van der Waals surface area contributed by atoms with E-state index in [-0.39, 0.29) is 12.3 Å². The number of hydrogen-bond donors (Lipinski definition) is 0. The van der Waals surface area contributed by atoms with Crippen molar-refractivity contribution in [3.8, 4) is 0 Å². The van der Waals surface area contributed by atoms with Crippen molar-refractivity contribution in [2.24, 2.45) is 17.8 Å². The molecule has 3 rings (SSSR count). The normalized spacial score (nSPS) is 43.4. The van der Waals surface area contributed by atoms with Crippen molar-refractivity contribution in [2.75, 3.05) is 0 Å². The molecule has 2 unspecified atom stereocenters. The van der Waals surface area contributed by atoms with Gasteiger partial charge in [0.25, 0.3) is 5.60 Å². The van der Waals surface area contributed by atoms with Gasteiger partial charge in [-0.3, -0.25) is 0 Å². The predicted octanol–water partition coefficient (Wildman–Crippen LogP) is 3.29. The molecule has 0 aromatic heterocycles. The molecule has 1 saturated heterocycles. The zero-order valence-corrected chi connectivity index (χ0v) is 8.61. The molecule has 0 aromatic rings. The van der Waals surface area contributed by atoms with Gasteiger partial charge in [-0.25, -0.2) is 0 Å². The summed E-state index contributed by atoms with van der Waals surface area (Å²) >= 11 is 0. The summed E-state index contributed by atoms with van der Waals surface area (Å²) < 4.78 is 81.9. The fraction of sp³-hybridized carbons (Fsp3) is 1.00. The van der Waals surface area contributed by atoms with E-state index < -0.39 is 35.9 Å². The topological polar surface area (TPSA) is 9.23 Å². The summed E-state index contributed by atoms with van der Waals surface area (Å²) in [6.45, 7) is 0. The lowest BCUT2D eigenvalue weighted by atomic mass is 9.78. The van der Waals surface area contributed by atoms with Gasteiger partial charge in [0.05, 0.1) is 6.10 Å². The smallest absolute Gasteiger partial charge is 0.354 e. The molecule has 0 radical (unpaired) electrons. The van der Waals surface area contributed by atoms with Gasteiger partial charge in [0.2, 0.25) is 0 Å².